The Morgan fingerprint density at radius 3 is 1.30 bits per heavy atom. The van der Waals surface area contributed by atoms with Crippen LogP contribution in [0.15, 0.2) is 0 Å². The van der Waals surface area contributed by atoms with Crippen molar-refractivity contribution < 1.29 is 38.0 Å². The number of ether oxygens (including phenoxy) is 6. The third kappa shape index (κ3) is 2.18. The van der Waals surface area contributed by atoms with E-state index in [-0.39, 0.29) is 0 Å². The second-order valence-corrected chi connectivity index (χ2v) is 4.27. The van der Waals surface area contributed by atoms with Crippen LogP contribution in [0.5, 0.6) is 0 Å². The fourth-order valence-electron chi connectivity index (χ4n) is 2.04. The van der Waals surface area contributed by atoms with E-state index in [1.54, 1.807) is 13.8 Å². The zero-order chi connectivity index (χ0) is 15.6. The molecular formula is C12H20O8. The fourth-order valence-corrected chi connectivity index (χ4v) is 2.04. The predicted octanol–water partition coefficient (Wildman–Crippen LogP) is -0.158. The average molecular weight is 292 g/mol. The molecule has 8 nitrogen and oxygen atoms in total. The van der Waals surface area contributed by atoms with Crippen molar-refractivity contribution in [2.45, 2.75) is 37.6 Å². The molecule has 1 fully saturated rings. The van der Waals surface area contributed by atoms with Gasteiger partial charge in [0.25, 0.3) is 0 Å². The maximum Gasteiger partial charge on any atom is 0.373 e. The van der Waals surface area contributed by atoms with Crippen molar-refractivity contribution in [1.82, 2.24) is 0 Å². The van der Waals surface area contributed by atoms with E-state index in [1.165, 1.54) is 14.2 Å². The minimum atomic E-state index is -2.21. The van der Waals surface area contributed by atoms with Crippen LogP contribution in [0.2, 0.25) is 0 Å². The van der Waals surface area contributed by atoms with Gasteiger partial charge in [0.2, 0.25) is 0 Å². The Labute approximate surface area is 117 Å². The van der Waals surface area contributed by atoms with Crippen molar-refractivity contribution in [1.29, 1.82) is 0 Å². The van der Waals surface area contributed by atoms with Crippen molar-refractivity contribution in [3.8, 4) is 0 Å². The Kier molecular flexibility index (Phi) is 5.09. The summed E-state index contributed by atoms with van der Waals surface area (Å²) in [6, 6.07) is 0. The van der Waals surface area contributed by atoms with Gasteiger partial charge in [-0.25, -0.2) is 9.59 Å². The van der Waals surface area contributed by atoms with Gasteiger partial charge >= 0.3 is 23.5 Å². The molecule has 0 aromatic heterocycles. The van der Waals surface area contributed by atoms with E-state index in [2.05, 4.69) is 9.47 Å². The highest BCUT2D eigenvalue weighted by molar-refractivity contribution is 5.90. The van der Waals surface area contributed by atoms with Gasteiger partial charge in [0.1, 0.15) is 0 Å². The van der Waals surface area contributed by atoms with Gasteiger partial charge in [0.05, 0.1) is 26.4 Å². The molecule has 1 aliphatic heterocycles. The lowest BCUT2D eigenvalue weighted by Crippen LogP contribution is -2.74. The number of hydrogen-bond donors (Lipinski definition) is 0. The van der Waals surface area contributed by atoms with Gasteiger partial charge in [0, 0.05) is 14.2 Å². The maximum absolute atomic E-state index is 12.1. The highest BCUT2D eigenvalue weighted by Crippen LogP contribution is 2.41. The predicted molar refractivity (Wildman–Crippen MR) is 64.6 cm³/mol. The minimum absolute atomic E-state index is 0.540. The number of carbonyl (C=O) groups excluding carboxylic acids is 2. The SMILES string of the molecule is COC(=O)[C@]1(OC)O[C@H](C)[C@@H](C)O[C@@]1(OC)C(=O)OC. The van der Waals surface area contributed by atoms with Gasteiger partial charge in [-0.1, -0.05) is 0 Å². The third-order valence-corrected chi connectivity index (χ3v) is 3.28. The van der Waals surface area contributed by atoms with Crippen LogP contribution in [0.3, 0.4) is 0 Å². The second kappa shape index (κ2) is 6.04. The molecule has 116 valence electrons. The standard InChI is InChI=1S/C12H20O8/c1-7-8(2)20-12(18-6,10(14)16-4)11(17-5,19-7)9(13)15-3/h7-8H,1-6H3/t7-,8-,11+,12+/m1/s1. The molecule has 0 bridgehead atoms. The molecular weight excluding hydrogens is 272 g/mol. The molecule has 1 aliphatic rings. The topological polar surface area (TPSA) is 89.5 Å². The molecule has 8 heteroatoms. The van der Waals surface area contributed by atoms with Crippen molar-refractivity contribution in [2.75, 3.05) is 28.4 Å². The van der Waals surface area contributed by atoms with Crippen LogP contribution in [0.25, 0.3) is 0 Å². The Hall–Kier alpha value is -1.22. The van der Waals surface area contributed by atoms with Gasteiger partial charge in [-0.2, -0.15) is 0 Å². The molecule has 1 saturated heterocycles. The molecule has 0 saturated carbocycles. The first kappa shape index (κ1) is 16.8. The first-order valence-corrected chi connectivity index (χ1v) is 5.98. The summed E-state index contributed by atoms with van der Waals surface area (Å²) < 4.78 is 30.7. The van der Waals surface area contributed by atoms with Gasteiger partial charge < -0.3 is 28.4 Å². The van der Waals surface area contributed by atoms with Gasteiger partial charge in [-0.15, -0.1) is 0 Å². The second-order valence-electron chi connectivity index (χ2n) is 4.27. The summed E-state index contributed by atoms with van der Waals surface area (Å²) in [4.78, 5) is 24.3. The quantitative estimate of drug-likeness (QED) is 0.660. The van der Waals surface area contributed by atoms with Crippen LogP contribution in [0.1, 0.15) is 13.8 Å². The van der Waals surface area contributed by atoms with E-state index in [0.29, 0.717) is 0 Å². The molecule has 1 rings (SSSR count). The minimum Gasteiger partial charge on any atom is -0.465 e. The Bertz CT molecular complexity index is 348. The highest BCUT2D eigenvalue weighted by atomic mass is 16.8. The monoisotopic (exact) mass is 292 g/mol. The Morgan fingerprint density at radius 2 is 1.10 bits per heavy atom. The summed E-state index contributed by atoms with van der Waals surface area (Å²) in [7, 11) is 4.62. The van der Waals surface area contributed by atoms with Gasteiger partial charge in [-0.05, 0) is 13.8 Å². The van der Waals surface area contributed by atoms with Crippen molar-refractivity contribution in [2.24, 2.45) is 0 Å². The Balaban J connectivity index is 3.45. The molecule has 1 heterocycles. The number of methoxy groups -OCH3 is 4. The molecule has 0 spiro atoms. The smallest absolute Gasteiger partial charge is 0.373 e. The summed E-state index contributed by atoms with van der Waals surface area (Å²) in [5.74, 6) is -6.36. The maximum atomic E-state index is 12.1. The number of hydrogen-bond acceptors (Lipinski definition) is 8. The van der Waals surface area contributed by atoms with Crippen LogP contribution in [-0.2, 0) is 38.0 Å². The van der Waals surface area contributed by atoms with E-state index < -0.39 is 35.7 Å². The molecule has 0 aromatic carbocycles. The first-order valence-electron chi connectivity index (χ1n) is 5.98. The molecule has 20 heavy (non-hydrogen) atoms. The van der Waals surface area contributed by atoms with E-state index >= 15 is 0 Å². The fraction of sp³-hybridized carbons (Fsp3) is 0.833. The molecule has 0 aliphatic carbocycles. The zero-order valence-electron chi connectivity index (χ0n) is 12.4. The molecule has 4 atom stereocenters. The van der Waals surface area contributed by atoms with Crippen molar-refractivity contribution in [3.63, 3.8) is 0 Å². The summed E-state index contributed by atoms with van der Waals surface area (Å²) in [6.45, 7) is 3.33. The first-order chi connectivity index (χ1) is 9.35. The lowest BCUT2D eigenvalue weighted by molar-refractivity contribution is -0.428. The third-order valence-electron chi connectivity index (χ3n) is 3.28. The van der Waals surface area contributed by atoms with Crippen LogP contribution < -0.4 is 0 Å². The van der Waals surface area contributed by atoms with Crippen LogP contribution in [0.4, 0.5) is 0 Å². The molecule has 0 radical (unpaired) electrons. The van der Waals surface area contributed by atoms with E-state index in [1.807, 2.05) is 0 Å². The summed E-state index contributed by atoms with van der Waals surface area (Å²) in [5.41, 5.74) is 0. The normalized spacial score (nSPS) is 37.3. The highest BCUT2D eigenvalue weighted by Gasteiger charge is 2.72. The van der Waals surface area contributed by atoms with Crippen LogP contribution in [0, 0.1) is 0 Å². The molecule has 0 N–H and O–H groups in total. The zero-order valence-corrected chi connectivity index (χ0v) is 12.4. The number of esters is 2. The summed E-state index contributed by atoms with van der Waals surface area (Å²) in [6.07, 6.45) is -1.08. The van der Waals surface area contributed by atoms with Crippen molar-refractivity contribution in [3.05, 3.63) is 0 Å². The van der Waals surface area contributed by atoms with Gasteiger partial charge in [0.15, 0.2) is 0 Å². The van der Waals surface area contributed by atoms with Crippen molar-refractivity contribution >= 4 is 11.9 Å². The Morgan fingerprint density at radius 1 is 0.800 bits per heavy atom. The number of carbonyl (C=O) groups is 2. The lowest BCUT2D eigenvalue weighted by atomic mass is 10.0. The molecule has 0 amide bonds. The van der Waals surface area contributed by atoms with E-state index in [9.17, 15) is 9.59 Å². The van der Waals surface area contributed by atoms with Crippen LogP contribution >= 0.6 is 0 Å². The van der Waals surface area contributed by atoms with E-state index in [4.69, 9.17) is 18.9 Å². The summed E-state index contributed by atoms with van der Waals surface area (Å²) in [5, 5.41) is 0. The molecule has 0 aromatic rings. The van der Waals surface area contributed by atoms with Crippen LogP contribution in [-0.4, -0.2) is 64.2 Å². The molecule has 0 unspecified atom stereocenters. The summed E-state index contributed by atoms with van der Waals surface area (Å²) >= 11 is 0. The number of rotatable bonds is 4. The van der Waals surface area contributed by atoms with E-state index in [0.717, 1.165) is 14.2 Å². The van der Waals surface area contributed by atoms with Gasteiger partial charge in [-0.3, -0.25) is 0 Å². The largest absolute Gasteiger partial charge is 0.465 e. The average Bonchev–Trinajstić information content (AvgIpc) is 2.47. The lowest BCUT2D eigenvalue weighted by Gasteiger charge is -2.49.